The highest BCUT2D eigenvalue weighted by Gasteiger charge is 2.08. The van der Waals surface area contributed by atoms with Crippen molar-refractivity contribution in [3.8, 4) is 0 Å². The summed E-state index contributed by atoms with van der Waals surface area (Å²) in [6, 6.07) is 4.91. The Morgan fingerprint density at radius 2 is 2.27 bits per heavy atom. The van der Waals surface area contributed by atoms with Crippen LogP contribution in [0.5, 0.6) is 0 Å². The van der Waals surface area contributed by atoms with Gasteiger partial charge in [-0.05, 0) is 40.8 Å². The summed E-state index contributed by atoms with van der Waals surface area (Å²) in [5.41, 5.74) is 0.140. The van der Waals surface area contributed by atoms with Crippen LogP contribution in [0.4, 0.5) is 5.69 Å². The van der Waals surface area contributed by atoms with Gasteiger partial charge in [-0.1, -0.05) is 0 Å². The molecule has 0 radical (unpaired) electrons. The van der Waals surface area contributed by atoms with Crippen molar-refractivity contribution in [2.75, 3.05) is 11.6 Å². The van der Waals surface area contributed by atoms with E-state index in [1.807, 2.05) is 0 Å². The highest BCUT2D eigenvalue weighted by molar-refractivity contribution is 14.1. The maximum absolute atomic E-state index is 10.5. The van der Waals surface area contributed by atoms with Gasteiger partial charge in [-0.3, -0.25) is 10.1 Å². The lowest BCUT2D eigenvalue weighted by atomic mass is 10.3. The number of hydrogen-bond acceptors (Lipinski definition) is 3. The Labute approximate surface area is 111 Å². The molecular weight excluding hydrogens is 349 g/mol. The summed E-state index contributed by atoms with van der Waals surface area (Å²) >= 11 is 9.36. The molecule has 0 aromatic heterocycles. The van der Waals surface area contributed by atoms with E-state index < -0.39 is 0 Å². The first kappa shape index (κ1) is 13.1. The fourth-order valence-electron chi connectivity index (χ4n) is 0.957. The lowest BCUT2D eigenvalue weighted by Gasteiger charge is -2.02. The lowest BCUT2D eigenvalue weighted by molar-refractivity contribution is -0.385. The first-order valence-corrected chi connectivity index (χ1v) is 6.87. The Hall–Kier alpha value is -0.0100. The first-order valence-electron chi connectivity index (χ1n) is 4.28. The minimum atomic E-state index is -0.380. The van der Waals surface area contributed by atoms with E-state index in [4.69, 9.17) is 11.6 Å². The predicted molar refractivity (Wildman–Crippen MR) is 71.9 cm³/mol. The van der Waals surface area contributed by atoms with E-state index in [-0.39, 0.29) is 10.6 Å². The Balaban J connectivity index is 2.70. The van der Waals surface area contributed by atoms with E-state index in [1.54, 1.807) is 23.9 Å². The maximum atomic E-state index is 10.5. The van der Waals surface area contributed by atoms with E-state index >= 15 is 0 Å². The smallest absolute Gasteiger partial charge is 0.258 e. The number of nitro benzene ring substituents is 1. The Kier molecular flexibility index (Phi) is 5.70. The Morgan fingerprint density at radius 1 is 1.53 bits per heavy atom. The second-order valence-corrected chi connectivity index (χ2v) is 5.44. The van der Waals surface area contributed by atoms with Crippen molar-refractivity contribution in [1.29, 1.82) is 0 Å². The van der Waals surface area contributed by atoms with E-state index in [0.29, 0.717) is 5.88 Å². The molecule has 0 N–H and O–H groups in total. The Morgan fingerprint density at radius 3 is 2.80 bits per heavy atom. The van der Waals surface area contributed by atoms with Gasteiger partial charge in [0, 0.05) is 26.5 Å². The van der Waals surface area contributed by atoms with Gasteiger partial charge in [0.1, 0.15) is 0 Å². The van der Waals surface area contributed by atoms with Crippen LogP contribution in [-0.2, 0) is 0 Å². The number of benzene rings is 1. The molecule has 0 aliphatic heterocycles. The predicted octanol–water partition coefficient (Wildman–Crippen LogP) is 3.92. The molecule has 0 saturated carbocycles. The van der Waals surface area contributed by atoms with Gasteiger partial charge in [0.25, 0.3) is 5.69 Å². The molecule has 82 valence electrons. The largest absolute Gasteiger partial charge is 0.270 e. The van der Waals surface area contributed by atoms with Gasteiger partial charge in [0.2, 0.25) is 0 Å². The molecule has 0 fully saturated rings. The van der Waals surface area contributed by atoms with Crippen molar-refractivity contribution in [2.24, 2.45) is 0 Å². The van der Waals surface area contributed by atoms with Crippen molar-refractivity contribution < 1.29 is 4.92 Å². The molecule has 0 atom stereocenters. The molecule has 1 aromatic rings. The molecule has 1 rings (SSSR count). The van der Waals surface area contributed by atoms with Crippen LogP contribution in [0, 0.1) is 13.7 Å². The fourth-order valence-corrected chi connectivity index (χ4v) is 3.08. The second-order valence-electron chi connectivity index (χ2n) is 2.76. The molecule has 0 unspecified atom stereocenters. The average Bonchev–Trinajstić information content (AvgIpc) is 2.20. The molecular formula is C9H9ClINO2S. The summed E-state index contributed by atoms with van der Waals surface area (Å²) in [5, 5.41) is 10.5. The summed E-state index contributed by atoms with van der Waals surface area (Å²) < 4.78 is 0.918. The van der Waals surface area contributed by atoms with Crippen LogP contribution >= 0.6 is 46.0 Å². The van der Waals surface area contributed by atoms with E-state index in [2.05, 4.69) is 22.6 Å². The first-order chi connectivity index (χ1) is 7.15. The second kappa shape index (κ2) is 6.55. The van der Waals surface area contributed by atoms with Crippen LogP contribution in [0.2, 0.25) is 0 Å². The van der Waals surface area contributed by atoms with Crippen molar-refractivity contribution in [3.05, 3.63) is 31.9 Å². The van der Waals surface area contributed by atoms with Gasteiger partial charge in [-0.2, -0.15) is 0 Å². The zero-order valence-electron chi connectivity index (χ0n) is 7.78. The van der Waals surface area contributed by atoms with E-state index in [1.165, 1.54) is 6.07 Å². The summed E-state index contributed by atoms with van der Waals surface area (Å²) in [5.74, 6) is 1.59. The molecule has 3 nitrogen and oxygen atoms in total. The van der Waals surface area contributed by atoms with Crippen molar-refractivity contribution in [2.45, 2.75) is 11.3 Å². The van der Waals surface area contributed by atoms with E-state index in [0.717, 1.165) is 20.6 Å². The third kappa shape index (κ3) is 4.16. The van der Waals surface area contributed by atoms with Crippen LogP contribution in [0.25, 0.3) is 0 Å². The third-order valence-electron chi connectivity index (χ3n) is 1.66. The van der Waals surface area contributed by atoms with Gasteiger partial charge in [-0.25, -0.2) is 0 Å². The average molecular weight is 358 g/mol. The molecule has 0 heterocycles. The molecule has 0 aliphatic carbocycles. The van der Waals surface area contributed by atoms with Gasteiger partial charge in [0.05, 0.1) is 4.92 Å². The molecule has 1 aromatic carbocycles. The van der Waals surface area contributed by atoms with Gasteiger partial charge < -0.3 is 0 Å². The number of halogens is 2. The zero-order chi connectivity index (χ0) is 11.3. The number of hydrogen-bond donors (Lipinski definition) is 0. The zero-order valence-corrected chi connectivity index (χ0v) is 11.5. The van der Waals surface area contributed by atoms with Crippen molar-refractivity contribution >= 4 is 51.6 Å². The van der Waals surface area contributed by atoms with Gasteiger partial charge in [0.15, 0.2) is 0 Å². The molecule has 0 bridgehead atoms. The normalized spacial score (nSPS) is 10.3. The monoisotopic (exact) mass is 357 g/mol. The third-order valence-corrected chi connectivity index (χ3v) is 4.35. The summed E-state index contributed by atoms with van der Waals surface area (Å²) in [6.45, 7) is 0. The minimum Gasteiger partial charge on any atom is -0.258 e. The quantitative estimate of drug-likeness (QED) is 0.200. The summed E-state index contributed by atoms with van der Waals surface area (Å²) in [6.07, 6.45) is 0.944. The Bertz CT molecular complexity index is 362. The van der Waals surface area contributed by atoms with Crippen LogP contribution in [0.3, 0.4) is 0 Å². The van der Waals surface area contributed by atoms with Crippen LogP contribution in [0.15, 0.2) is 23.1 Å². The molecule has 6 heteroatoms. The number of nitro groups is 1. The highest BCUT2D eigenvalue weighted by Crippen LogP contribution is 2.28. The fraction of sp³-hybridized carbons (Fsp3) is 0.333. The number of rotatable bonds is 5. The molecule has 0 spiro atoms. The van der Waals surface area contributed by atoms with Gasteiger partial charge in [-0.15, -0.1) is 23.4 Å². The number of non-ortho nitro benzene ring substituents is 1. The summed E-state index contributed by atoms with van der Waals surface area (Å²) in [4.78, 5) is 11.2. The maximum Gasteiger partial charge on any atom is 0.270 e. The van der Waals surface area contributed by atoms with Crippen LogP contribution in [0.1, 0.15) is 6.42 Å². The molecule has 0 saturated heterocycles. The minimum absolute atomic E-state index is 0.140. The number of thioether (sulfide) groups is 1. The standard InChI is InChI=1S/C9H9ClINO2S/c10-4-1-5-15-9-3-2-7(12(13)14)6-8(9)11/h2-3,6H,1,4-5H2. The molecule has 0 aliphatic rings. The summed E-state index contributed by atoms with van der Waals surface area (Å²) in [7, 11) is 0. The van der Waals surface area contributed by atoms with Crippen LogP contribution in [-0.4, -0.2) is 16.6 Å². The number of nitrogens with zero attached hydrogens (tertiary/aromatic N) is 1. The van der Waals surface area contributed by atoms with Crippen molar-refractivity contribution in [3.63, 3.8) is 0 Å². The SMILES string of the molecule is O=[N+]([O-])c1ccc(SCCCCl)c(I)c1. The highest BCUT2D eigenvalue weighted by atomic mass is 127. The molecule has 0 amide bonds. The van der Waals surface area contributed by atoms with Gasteiger partial charge >= 0.3 is 0 Å². The molecule has 15 heavy (non-hydrogen) atoms. The lowest BCUT2D eigenvalue weighted by Crippen LogP contribution is -1.90. The topological polar surface area (TPSA) is 43.1 Å². The number of alkyl halides is 1. The van der Waals surface area contributed by atoms with Crippen molar-refractivity contribution in [1.82, 2.24) is 0 Å². The van der Waals surface area contributed by atoms with E-state index in [9.17, 15) is 10.1 Å². The van der Waals surface area contributed by atoms with Crippen LogP contribution < -0.4 is 0 Å².